The lowest BCUT2D eigenvalue weighted by Gasteiger charge is -2.14. The van der Waals surface area contributed by atoms with E-state index in [1.54, 1.807) is 0 Å². The Morgan fingerprint density at radius 3 is 2.67 bits per heavy atom. The van der Waals surface area contributed by atoms with Crippen molar-refractivity contribution >= 4 is 0 Å². The third kappa shape index (κ3) is 3.08. The molecule has 0 fully saturated rings. The highest BCUT2D eigenvalue weighted by Gasteiger charge is 2.30. The number of fused-ring (bicyclic) bond motifs is 1. The number of benzene rings is 1. The lowest BCUT2D eigenvalue weighted by molar-refractivity contribution is -0.137. The monoisotopic (exact) mass is 292 g/mol. The predicted octanol–water partition coefficient (Wildman–Crippen LogP) is 3.88. The van der Waals surface area contributed by atoms with E-state index in [9.17, 15) is 13.2 Å². The average molecular weight is 292 g/mol. The Bertz CT molecular complexity index is 620. The quantitative estimate of drug-likeness (QED) is 0.928. The highest BCUT2D eigenvalue weighted by atomic mass is 19.4. The zero-order valence-electron chi connectivity index (χ0n) is 11.3. The van der Waals surface area contributed by atoms with Gasteiger partial charge in [0.2, 0.25) is 0 Å². The van der Waals surface area contributed by atoms with Crippen LogP contribution >= 0.6 is 0 Å². The molecule has 1 aromatic heterocycles. The number of hydrogen-bond acceptors (Lipinski definition) is 2. The van der Waals surface area contributed by atoms with Crippen molar-refractivity contribution in [3.63, 3.8) is 0 Å². The number of hydrogen-bond donors (Lipinski definition) is 1. The number of aryl methyl sites for hydroxylation is 1. The highest BCUT2D eigenvalue weighted by molar-refractivity contribution is 5.34. The van der Waals surface area contributed by atoms with E-state index in [1.807, 2.05) is 12.1 Å². The number of alkyl halides is 3. The van der Waals surface area contributed by atoms with Crippen LogP contribution < -0.4 is 5.32 Å². The molecule has 0 unspecified atom stereocenters. The Morgan fingerprint density at radius 1 is 1.14 bits per heavy atom. The van der Waals surface area contributed by atoms with Gasteiger partial charge in [0.05, 0.1) is 11.3 Å². The van der Waals surface area contributed by atoms with E-state index in [4.69, 9.17) is 0 Å². The van der Waals surface area contributed by atoms with Crippen LogP contribution in [-0.4, -0.2) is 4.98 Å². The summed E-state index contributed by atoms with van der Waals surface area (Å²) in [6, 6.07) is 11.0. The van der Waals surface area contributed by atoms with E-state index in [0.29, 0.717) is 12.2 Å². The van der Waals surface area contributed by atoms with Crippen molar-refractivity contribution < 1.29 is 13.2 Å². The molecule has 1 aromatic carbocycles. The van der Waals surface area contributed by atoms with Gasteiger partial charge in [0.15, 0.2) is 0 Å². The molecule has 21 heavy (non-hydrogen) atoms. The third-order valence-corrected chi connectivity index (χ3v) is 3.81. The minimum atomic E-state index is -4.33. The lowest BCUT2D eigenvalue weighted by atomic mass is 10.1. The van der Waals surface area contributed by atoms with Crippen molar-refractivity contribution in [1.29, 1.82) is 0 Å². The molecule has 1 heterocycles. The summed E-state index contributed by atoms with van der Waals surface area (Å²) >= 11 is 0. The molecule has 0 aliphatic heterocycles. The van der Waals surface area contributed by atoms with Gasteiger partial charge >= 0.3 is 6.18 Å². The minimum absolute atomic E-state index is 0.255. The van der Waals surface area contributed by atoms with Crippen LogP contribution in [0.2, 0.25) is 0 Å². The molecule has 0 saturated heterocycles. The van der Waals surface area contributed by atoms with Gasteiger partial charge in [-0.25, -0.2) is 0 Å². The molecule has 1 aliphatic carbocycles. The van der Waals surface area contributed by atoms with E-state index in [-0.39, 0.29) is 6.04 Å². The van der Waals surface area contributed by atoms with Gasteiger partial charge in [0, 0.05) is 18.8 Å². The zero-order valence-corrected chi connectivity index (χ0v) is 11.3. The molecule has 1 aliphatic rings. The summed E-state index contributed by atoms with van der Waals surface area (Å²) in [5, 5.41) is 3.37. The molecule has 1 atom stereocenters. The summed E-state index contributed by atoms with van der Waals surface area (Å²) in [5.74, 6) is 0. The Labute approximate surface area is 121 Å². The lowest BCUT2D eigenvalue weighted by Crippen LogP contribution is -2.19. The summed E-state index contributed by atoms with van der Waals surface area (Å²) < 4.78 is 37.4. The number of nitrogens with zero attached hydrogens (tertiary/aromatic N) is 1. The van der Waals surface area contributed by atoms with E-state index in [0.717, 1.165) is 25.1 Å². The maximum atomic E-state index is 12.5. The second-order valence-corrected chi connectivity index (χ2v) is 5.21. The molecule has 0 saturated carbocycles. The molecule has 3 rings (SSSR count). The number of rotatable bonds is 3. The summed E-state index contributed by atoms with van der Waals surface area (Å²) in [6.45, 7) is 0.469. The molecule has 5 heteroatoms. The molecule has 0 radical (unpaired) electrons. The highest BCUT2D eigenvalue weighted by Crippen LogP contribution is 2.31. The van der Waals surface area contributed by atoms with Gasteiger partial charge in [-0.1, -0.05) is 24.3 Å². The number of halogens is 3. The molecule has 0 spiro atoms. The van der Waals surface area contributed by atoms with Gasteiger partial charge in [-0.05, 0) is 36.1 Å². The molecule has 2 nitrogen and oxygen atoms in total. The molecule has 110 valence electrons. The number of nitrogens with one attached hydrogen (secondary N) is 1. The fraction of sp³-hybridized carbons (Fsp3) is 0.312. The van der Waals surface area contributed by atoms with Crippen molar-refractivity contribution in [1.82, 2.24) is 10.3 Å². The van der Waals surface area contributed by atoms with Crippen LogP contribution in [0.15, 0.2) is 42.6 Å². The molecule has 1 N–H and O–H groups in total. The first-order chi connectivity index (χ1) is 10.0. The number of aromatic nitrogens is 1. The summed E-state index contributed by atoms with van der Waals surface area (Å²) in [5.41, 5.74) is 2.53. The average Bonchev–Trinajstić information content (AvgIpc) is 2.88. The maximum absolute atomic E-state index is 12.5. The van der Waals surface area contributed by atoms with E-state index < -0.39 is 11.7 Å². The van der Waals surface area contributed by atoms with Gasteiger partial charge in [0.1, 0.15) is 0 Å². The third-order valence-electron chi connectivity index (χ3n) is 3.81. The van der Waals surface area contributed by atoms with Crippen molar-refractivity contribution in [2.24, 2.45) is 0 Å². The van der Waals surface area contributed by atoms with E-state index in [1.165, 1.54) is 17.2 Å². The van der Waals surface area contributed by atoms with Crippen LogP contribution in [-0.2, 0) is 19.1 Å². The minimum Gasteiger partial charge on any atom is -0.304 e. The van der Waals surface area contributed by atoms with Crippen molar-refractivity contribution in [3.05, 3.63) is 65.0 Å². The van der Waals surface area contributed by atoms with Crippen molar-refractivity contribution in [2.45, 2.75) is 31.6 Å². The van der Waals surface area contributed by atoms with E-state index in [2.05, 4.69) is 22.4 Å². The van der Waals surface area contributed by atoms with Crippen LogP contribution in [0.5, 0.6) is 0 Å². The second kappa shape index (κ2) is 5.48. The van der Waals surface area contributed by atoms with Crippen LogP contribution in [0.25, 0.3) is 0 Å². The van der Waals surface area contributed by atoms with Gasteiger partial charge in [0.25, 0.3) is 0 Å². The first-order valence-electron chi connectivity index (χ1n) is 6.87. The zero-order chi connectivity index (χ0) is 14.9. The molecule has 0 bridgehead atoms. The predicted molar refractivity (Wildman–Crippen MR) is 73.6 cm³/mol. The first-order valence-corrected chi connectivity index (χ1v) is 6.87. The second-order valence-electron chi connectivity index (χ2n) is 5.21. The molecular weight excluding hydrogens is 277 g/mol. The topological polar surface area (TPSA) is 24.9 Å². The maximum Gasteiger partial charge on any atom is 0.417 e. The van der Waals surface area contributed by atoms with Gasteiger partial charge < -0.3 is 5.32 Å². The Balaban J connectivity index is 1.64. The van der Waals surface area contributed by atoms with E-state index >= 15 is 0 Å². The Kier molecular flexibility index (Phi) is 3.68. The molecule has 2 aromatic rings. The Hall–Kier alpha value is -1.88. The van der Waals surface area contributed by atoms with Crippen molar-refractivity contribution in [2.75, 3.05) is 0 Å². The smallest absolute Gasteiger partial charge is 0.304 e. The van der Waals surface area contributed by atoms with Crippen molar-refractivity contribution in [3.8, 4) is 0 Å². The van der Waals surface area contributed by atoms with Crippen LogP contribution in [0, 0.1) is 0 Å². The largest absolute Gasteiger partial charge is 0.417 e. The normalized spacial score (nSPS) is 17.8. The molecule has 0 amide bonds. The van der Waals surface area contributed by atoms with Crippen LogP contribution in [0.4, 0.5) is 13.2 Å². The Morgan fingerprint density at radius 2 is 1.95 bits per heavy atom. The van der Waals surface area contributed by atoms with Crippen LogP contribution in [0.3, 0.4) is 0 Å². The fourth-order valence-electron chi connectivity index (χ4n) is 2.69. The summed E-state index contributed by atoms with van der Waals surface area (Å²) in [7, 11) is 0. The van der Waals surface area contributed by atoms with Crippen LogP contribution in [0.1, 0.15) is 34.8 Å². The summed E-state index contributed by atoms with van der Waals surface area (Å²) in [6.07, 6.45) is -1.39. The number of pyridine rings is 1. The standard InChI is InChI=1S/C16H15F3N2/c17-16(18,19)12-6-7-13(20-9-12)10-21-15-8-5-11-3-1-2-4-14(11)15/h1-4,6-7,9,15,21H,5,8,10H2/t15-/m1/s1. The summed E-state index contributed by atoms with van der Waals surface area (Å²) in [4.78, 5) is 3.88. The fourth-order valence-corrected chi connectivity index (χ4v) is 2.69. The SMILES string of the molecule is FC(F)(F)c1ccc(CN[C@@H]2CCc3ccccc32)nc1. The van der Waals surface area contributed by atoms with Gasteiger partial charge in [-0.2, -0.15) is 13.2 Å². The molecular formula is C16H15F3N2. The van der Waals surface area contributed by atoms with Gasteiger partial charge in [-0.3, -0.25) is 4.98 Å². The first kappa shape index (κ1) is 14.1. The van der Waals surface area contributed by atoms with Gasteiger partial charge in [-0.15, -0.1) is 0 Å².